The molecule has 42 heavy (non-hydrogen) atoms. The van der Waals surface area contributed by atoms with Crippen molar-refractivity contribution in [2.24, 2.45) is 5.16 Å². The lowest BCUT2D eigenvalue weighted by Crippen LogP contribution is -2.66. The maximum absolute atomic E-state index is 12.8. The Labute approximate surface area is 240 Å². The number of carbonyl (C=O) groups excluding carboxylic acids is 3. The largest absolute Gasteiger partial charge is 0.494 e. The normalized spacial score (nSPS) is 16.5. The molecule has 0 aliphatic carbocycles. The molecule has 3 unspecified atom stereocenters. The Morgan fingerprint density at radius 2 is 1.67 bits per heavy atom. The van der Waals surface area contributed by atoms with Crippen LogP contribution in [0.15, 0.2) is 59.8 Å². The van der Waals surface area contributed by atoms with Gasteiger partial charge in [-0.15, -0.1) is 0 Å². The van der Waals surface area contributed by atoms with Crippen LogP contribution >= 0.6 is 0 Å². The average molecular weight is 585 g/mol. The fraction of sp³-hybridized carbons (Fsp3) is 0.357. The molecule has 0 radical (unpaired) electrons. The SMILES string of the molecule is CC(C)(C)OC(=O)NC(CCOc1ccc(/C(=N/O)C(=O)NC2CN(C(C(=O)O)c3ccccc3)C2=O)cc1)C(=O)O. The van der Waals surface area contributed by atoms with Gasteiger partial charge < -0.3 is 40.4 Å². The summed E-state index contributed by atoms with van der Waals surface area (Å²) in [4.78, 5) is 61.7. The molecule has 0 saturated carbocycles. The summed E-state index contributed by atoms with van der Waals surface area (Å²) in [5.41, 5.74) is -0.578. The molecular formula is C28H32N4O10. The van der Waals surface area contributed by atoms with E-state index in [4.69, 9.17) is 9.47 Å². The third-order valence-electron chi connectivity index (χ3n) is 6.03. The Hall–Kier alpha value is -5.14. The van der Waals surface area contributed by atoms with Crippen LogP contribution in [0, 0.1) is 0 Å². The van der Waals surface area contributed by atoms with Crippen LogP contribution in [0.2, 0.25) is 0 Å². The number of ether oxygens (including phenoxy) is 2. The van der Waals surface area contributed by atoms with Gasteiger partial charge in [0, 0.05) is 12.0 Å². The molecule has 14 nitrogen and oxygen atoms in total. The third kappa shape index (κ3) is 8.19. The van der Waals surface area contributed by atoms with Gasteiger partial charge in [0.15, 0.2) is 11.8 Å². The zero-order valence-corrected chi connectivity index (χ0v) is 23.1. The van der Waals surface area contributed by atoms with Crippen molar-refractivity contribution in [3.63, 3.8) is 0 Å². The Kier molecular flexibility index (Phi) is 10.1. The van der Waals surface area contributed by atoms with E-state index in [9.17, 15) is 39.4 Å². The molecule has 0 bridgehead atoms. The van der Waals surface area contributed by atoms with Gasteiger partial charge in [0.2, 0.25) is 5.91 Å². The van der Waals surface area contributed by atoms with E-state index < -0.39 is 59.3 Å². The maximum Gasteiger partial charge on any atom is 0.408 e. The number of β-lactam (4-membered cyclic amide) rings is 1. The van der Waals surface area contributed by atoms with E-state index in [0.717, 1.165) is 4.90 Å². The fourth-order valence-corrected chi connectivity index (χ4v) is 4.06. The number of amides is 3. The summed E-state index contributed by atoms with van der Waals surface area (Å²) >= 11 is 0. The first kappa shape index (κ1) is 31.4. The smallest absolute Gasteiger partial charge is 0.408 e. The third-order valence-corrected chi connectivity index (χ3v) is 6.03. The predicted molar refractivity (Wildman–Crippen MR) is 146 cm³/mol. The minimum absolute atomic E-state index is 0.0535. The summed E-state index contributed by atoms with van der Waals surface area (Å²) in [5, 5.41) is 36.2. The summed E-state index contributed by atoms with van der Waals surface area (Å²) in [6.45, 7) is 4.82. The minimum atomic E-state index is -1.26. The summed E-state index contributed by atoms with van der Waals surface area (Å²) < 4.78 is 10.6. The number of hydrogen-bond donors (Lipinski definition) is 5. The summed E-state index contributed by atoms with van der Waals surface area (Å²) in [7, 11) is 0. The van der Waals surface area contributed by atoms with E-state index in [1.165, 1.54) is 24.3 Å². The number of alkyl carbamates (subject to hydrolysis) is 1. The zero-order valence-electron chi connectivity index (χ0n) is 23.1. The highest BCUT2D eigenvalue weighted by molar-refractivity contribution is 6.45. The molecule has 1 saturated heterocycles. The van der Waals surface area contributed by atoms with Crippen LogP contribution in [0.3, 0.4) is 0 Å². The maximum atomic E-state index is 12.8. The van der Waals surface area contributed by atoms with Crippen LogP contribution in [0.5, 0.6) is 5.75 Å². The van der Waals surface area contributed by atoms with E-state index in [1.807, 2.05) is 0 Å². The number of rotatable bonds is 12. The van der Waals surface area contributed by atoms with Gasteiger partial charge in [-0.1, -0.05) is 35.5 Å². The summed E-state index contributed by atoms with van der Waals surface area (Å²) in [5.74, 6) is -3.61. The molecule has 224 valence electrons. The van der Waals surface area contributed by atoms with Crippen LogP contribution in [-0.2, 0) is 23.9 Å². The standard InChI is InChI=1S/C28H32N4O10/c1-28(2,3)42-27(39)30-19(25(35)36)13-14-41-18-11-9-16(10-12-18)21(31-40)23(33)29-20-15-32(24(20)34)22(26(37)38)17-7-5-4-6-8-17/h4-12,19-20,22,40H,13-15H2,1-3H3,(H,29,33)(H,30,39)(H,35,36)(H,37,38)/b31-21-. The molecule has 2 aromatic rings. The van der Waals surface area contributed by atoms with E-state index in [1.54, 1.807) is 51.1 Å². The molecule has 1 heterocycles. The number of likely N-dealkylation sites (tertiary alicyclic amines) is 1. The second kappa shape index (κ2) is 13.5. The Morgan fingerprint density at radius 1 is 1.02 bits per heavy atom. The van der Waals surface area contributed by atoms with Crippen molar-refractivity contribution >= 4 is 35.6 Å². The Balaban J connectivity index is 1.53. The van der Waals surface area contributed by atoms with Gasteiger partial charge in [-0.2, -0.15) is 0 Å². The second-order valence-electron chi connectivity index (χ2n) is 10.3. The lowest BCUT2D eigenvalue weighted by Gasteiger charge is -2.42. The number of hydrogen-bond acceptors (Lipinski definition) is 9. The molecule has 3 atom stereocenters. The van der Waals surface area contributed by atoms with Crippen LogP contribution < -0.4 is 15.4 Å². The van der Waals surface area contributed by atoms with Gasteiger partial charge in [0.05, 0.1) is 13.2 Å². The van der Waals surface area contributed by atoms with Gasteiger partial charge in [0.25, 0.3) is 5.91 Å². The highest BCUT2D eigenvalue weighted by Gasteiger charge is 2.45. The molecule has 5 N–H and O–H groups in total. The number of carboxylic acid groups (broad SMARTS) is 2. The molecule has 1 aliphatic rings. The highest BCUT2D eigenvalue weighted by atomic mass is 16.6. The van der Waals surface area contributed by atoms with Gasteiger partial charge in [-0.05, 0) is 50.6 Å². The quantitative estimate of drug-likeness (QED) is 0.106. The van der Waals surface area contributed by atoms with Crippen molar-refractivity contribution in [1.29, 1.82) is 0 Å². The number of benzene rings is 2. The lowest BCUT2D eigenvalue weighted by molar-refractivity contribution is -0.160. The van der Waals surface area contributed by atoms with Crippen LogP contribution in [0.4, 0.5) is 4.79 Å². The van der Waals surface area contributed by atoms with Gasteiger partial charge >= 0.3 is 18.0 Å². The molecule has 3 amide bonds. The van der Waals surface area contributed by atoms with Crippen molar-refractivity contribution in [2.75, 3.05) is 13.2 Å². The summed E-state index contributed by atoms with van der Waals surface area (Å²) in [6.07, 6.45) is -0.941. The van der Waals surface area contributed by atoms with Gasteiger partial charge in [0.1, 0.15) is 23.4 Å². The monoisotopic (exact) mass is 584 g/mol. The predicted octanol–water partition coefficient (Wildman–Crippen LogP) is 1.76. The molecule has 1 aliphatic heterocycles. The number of aliphatic carboxylic acids is 2. The first-order valence-electron chi connectivity index (χ1n) is 12.9. The van der Waals surface area contributed by atoms with Crippen molar-refractivity contribution in [3.05, 3.63) is 65.7 Å². The Bertz CT molecular complexity index is 1340. The van der Waals surface area contributed by atoms with E-state index in [-0.39, 0.29) is 25.1 Å². The van der Waals surface area contributed by atoms with E-state index >= 15 is 0 Å². The van der Waals surface area contributed by atoms with Crippen LogP contribution in [0.25, 0.3) is 0 Å². The average Bonchev–Trinajstić information content (AvgIpc) is 2.92. The van der Waals surface area contributed by atoms with E-state index in [0.29, 0.717) is 11.3 Å². The number of nitrogens with one attached hydrogen (secondary N) is 2. The topological polar surface area (TPSA) is 204 Å². The molecule has 3 rings (SSSR count). The molecule has 1 fully saturated rings. The fourth-order valence-electron chi connectivity index (χ4n) is 4.06. The molecule has 0 spiro atoms. The first-order chi connectivity index (χ1) is 19.8. The molecule has 14 heteroatoms. The minimum Gasteiger partial charge on any atom is -0.494 e. The second-order valence-corrected chi connectivity index (χ2v) is 10.3. The summed E-state index contributed by atoms with van der Waals surface area (Å²) in [6, 6.07) is 10.5. The molecular weight excluding hydrogens is 552 g/mol. The number of carboxylic acids is 2. The van der Waals surface area contributed by atoms with Crippen molar-refractivity contribution in [1.82, 2.24) is 15.5 Å². The van der Waals surface area contributed by atoms with Gasteiger partial charge in [-0.3, -0.25) is 9.59 Å². The van der Waals surface area contributed by atoms with Crippen LogP contribution in [0.1, 0.15) is 44.4 Å². The number of carbonyl (C=O) groups is 5. The first-order valence-corrected chi connectivity index (χ1v) is 12.9. The van der Waals surface area contributed by atoms with Gasteiger partial charge in [-0.25, -0.2) is 14.4 Å². The van der Waals surface area contributed by atoms with Crippen LogP contribution in [-0.4, -0.2) is 86.7 Å². The van der Waals surface area contributed by atoms with Crippen molar-refractivity contribution in [2.45, 2.75) is 50.9 Å². The zero-order chi connectivity index (χ0) is 31.0. The Morgan fingerprint density at radius 3 is 2.19 bits per heavy atom. The highest BCUT2D eigenvalue weighted by Crippen LogP contribution is 2.27. The molecule has 0 aromatic heterocycles. The van der Waals surface area contributed by atoms with E-state index in [2.05, 4.69) is 15.8 Å². The van der Waals surface area contributed by atoms with Crippen molar-refractivity contribution < 1.29 is 48.9 Å². The van der Waals surface area contributed by atoms with Crippen molar-refractivity contribution in [3.8, 4) is 5.75 Å². The number of nitrogens with zero attached hydrogens (tertiary/aromatic N) is 2. The lowest BCUT2D eigenvalue weighted by atomic mass is 9.98. The molecule has 2 aromatic carbocycles. The number of oxime groups is 1.